The summed E-state index contributed by atoms with van der Waals surface area (Å²) in [6.07, 6.45) is 1.41. The second kappa shape index (κ2) is 5.49. The highest BCUT2D eigenvalue weighted by atomic mass is 32.2. The number of nitrogens with zero attached hydrogens (tertiary/aromatic N) is 2. The van der Waals surface area contributed by atoms with Crippen LogP contribution in [-0.4, -0.2) is 21.0 Å². The van der Waals surface area contributed by atoms with Gasteiger partial charge in [0.05, 0.1) is 4.92 Å². The van der Waals surface area contributed by atoms with Gasteiger partial charge in [-0.3, -0.25) is 10.1 Å². The maximum Gasteiger partial charge on any atom is 0.355 e. The van der Waals surface area contributed by atoms with E-state index in [2.05, 4.69) is 4.98 Å². The third kappa shape index (κ3) is 3.08. The molecular weight excluding hydrogens is 268 g/mol. The summed E-state index contributed by atoms with van der Waals surface area (Å²) < 4.78 is 0. The standard InChI is InChI=1S/C12H8N2O4S/c15-12(16)11-10(2-1-7-13-11)19-9-5-3-8(4-6-9)14(17)18/h1-7H,(H,15,16). The van der Waals surface area contributed by atoms with E-state index in [9.17, 15) is 14.9 Å². The molecule has 1 aromatic heterocycles. The van der Waals surface area contributed by atoms with E-state index in [4.69, 9.17) is 5.11 Å². The Balaban J connectivity index is 2.26. The molecular formula is C12H8N2O4S. The van der Waals surface area contributed by atoms with Gasteiger partial charge in [0, 0.05) is 28.1 Å². The first-order valence-corrected chi connectivity index (χ1v) is 6.00. The van der Waals surface area contributed by atoms with E-state index in [0.29, 0.717) is 9.79 Å². The summed E-state index contributed by atoms with van der Waals surface area (Å²) in [7, 11) is 0. The third-order valence-electron chi connectivity index (χ3n) is 2.25. The zero-order chi connectivity index (χ0) is 13.8. The van der Waals surface area contributed by atoms with Crippen molar-refractivity contribution in [2.45, 2.75) is 9.79 Å². The minimum atomic E-state index is -1.11. The van der Waals surface area contributed by atoms with Crippen molar-refractivity contribution in [2.24, 2.45) is 0 Å². The number of non-ortho nitro benzene ring substituents is 1. The fraction of sp³-hybridized carbons (Fsp3) is 0. The Hall–Kier alpha value is -2.41. The van der Waals surface area contributed by atoms with E-state index >= 15 is 0 Å². The van der Waals surface area contributed by atoms with Gasteiger partial charge in [0.25, 0.3) is 5.69 Å². The zero-order valence-electron chi connectivity index (χ0n) is 9.52. The Morgan fingerprint density at radius 1 is 1.26 bits per heavy atom. The Kier molecular flexibility index (Phi) is 3.76. The fourth-order valence-electron chi connectivity index (χ4n) is 1.40. The van der Waals surface area contributed by atoms with E-state index in [1.54, 1.807) is 24.3 Å². The SMILES string of the molecule is O=C(O)c1ncccc1Sc1ccc([N+](=O)[O-])cc1. The summed E-state index contributed by atoms with van der Waals surface area (Å²) in [6, 6.07) is 9.17. The monoisotopic (exact) mass is 276 g/mol. The van der Waals surface area contributed by atoms with Crippen molar-refractivity contribution < 1.29 is 14.8 Å². The predicted molar refractivity (Wildman–Crippen MR) is 68.4 cm³/mol. The van der Waals surface area contributed by atoms with Gasteiger partial charge in [0.15, 0.2) is 5.69 Å². The van der Waals surface area contributed by atoms with Gasteiger partial charge in [-0.1, -0.05) is 11.8 Å². The molecule has 0 spiro atoms. The summed E-state index contributed by atoms with van der Waals surface area (Å²) in [5, 5.41) is 19.5. The lowest BCUT2D eigenvalue weighted by Gasteiger charge is -2.04. The summed E-state index contributed by atoms with van der Waals surface area (Å²) in [6.45, 7) is 0. The number of hydrogen-bond donors (Lipinski definition) is 1. The van der Waals surface area contributed by atoms with Crippen LogP contribution in [-0.2, 0) is 0 Å². The molecule has 2 aromatic rings. The Morgan fingerprint density at radius 2 is 1.95 bits per heavy atom. The number of hydrogen-bond acceptors (Lipinski definition) is 5. The smallest absolute Gasteiger partial charge is 0.355 e. The Morgan fingerprint density at radius 3 is 2.53 bits per heavy atom. The maximum absolute atomic E-state index is 11.0. The topological polar surface area (TPSA) is 93.3 Å². The molecule has 0 atom stereocenters. The van der Waals surface area contributed by atoms with Crippen LogP contribution in [0.15, 0.2) is 52.4 Å². The molecule has 0 aliphatic rings. The first-order valence-electron chi connectivity index (χ1n) is 5.18. The molecule has 0 fully saturated rings. The predicted octanol–water partition coefficient (Wildman–Crippen LogP) is 2.84. The number of aromatic nitrogens is 1. The van der Waals surface area contributed by atoms with Crippen molar-refractivity contribution in [1.82, 2.24) is 4.98 Å². The highest BCUT2D eigenvalue weighted by Crippen LogP contribution is 2.30. The van der Waals surface area contributed by atoms with Gasteiger partial charge >= 0.3 is 5.97 Å². The van der Waals surface area contributed by atoms with Gasteiger partial charge in [0.2, 0.25) is 0 Å². The molecule has 0 amide bonds. The second-order valence-electron chi connectivity index (χ2n) is 3.51. The Bertz CT molecular complexity index is 628. The molecule has 19 heavy (non-hydrogen) atoms. The zero-order valence-corrected chi connectivity index (χ0v) is 10.3. The number of carbonyl (C=O) groups is 1. The summed E-state index contributed by atoms with van der Waals surface area (Å²) in [5.41, 5.74) is -0.0418. The number of rotatable bonds is 4. The summed E-state index contributed by atoms with van der Waals surface area (Å²) in [5.74, 6) is -1.11. The van der Waals surface area contributed by atoms with Crippen molar-refractivity contribution >= 4 is 23.4 Å². The van der Waals surface area contributed by atoms with Crippen LogP contribution in [0.3, 0.4) is 0 Å². The molecule has 0 radical (unpaired) electrons. The molecule has 2 rings (SSSR count). The summed E-state index contributed by atoms with van der Waals surface area (Å²) >= 11 is 1.20. The molecule has 1 aromatic carbocycles. The maximum atomic E-state index is 11.0. The number of carboxylic acid groups (broad SMARTS) is 1. The normalized spacial score (nSPS) is 10.1. The molecule has 0 saturated carbocycles. The molecule has 1 N–H and O–H groups in total. The second-order valence-corrected chi connectivity index (χ2v) is 4.62. The van der Waals surface area contributed by atoms with Gasteiger partial charge in [0.1, 0.15) is 0 Å². The van der Waals surface area contributed by atoms with Gasteiger partial charge in [-0.2, -0.15) is 0 Å². The quantitative estimate of drug-likeness (QED) is 0.681. The lowest BCUT2D eigenvalue weighted by molar-refractivity contribution is -0.384. The van der Waals surface area contributed by atoms with Crippen molar-refractivity contribution in [3.05, 3.63) is 58.4 Å². The fourth-order valence-corrected chi connectivity index (χ4v) is 2.31. The van der Waals surface area contributed by atoms with Crippen molar-refractivity contribution in [3.63, 3.8) is 0 Å². The minimum Gasteiger partial charge on any atom is -0.476 e. The molecule has 0 unspecified atom stereocenters. The molecule has 0 saturated heterocycles. The number of nitro groups is 1. The average molecular weight is 276 g/mol. The minimum absolute atomic E-state index is 0.00556. The highest BCUT2D eigenvalue weighted by molar-refractivity contribution is 7.99. The Labute approximate surface area is 112 Å². The summed E-state index contributed by atoms with van der Waals surface area (Å²) in [4.78, 5) is 26.0. The van der Waals surface area contributed by atoms with Crippen LogP contribution in [0.5, 0.6) is 0 Å². The van der Waals surface area contributed by atoms with E-state index in [-0.39, 0.29) is 11.4 Å². The van der Waals surface area contributed by atoms with Gasteiger partial charge in [-0.05, 0) is 24.3 Å². The number of pyridine rings is 1. The molecule has 1 heterocycles. The van der Waals surface area contributed by atoms with Crippen molar-refractivity contribution in [3.8, 4) is 0 Å². The lowest BCUT2D eigenvalue weighted by Crippen LogP contribution is -2.01. The number of aromatic carboxylic acids is 1. The van der Waals surface area contributed by atoms with E-state index in [1.165, 1.54) is 30.1 Å². The van der Waals surface area contributed by atoms with Crippen LogP contribution in [0, 0.1) is 10.1 Å². The molecule has 6 nitrogen and oxygen atoms in total. The van der Waals surface area contributed by atoms with E-state index < -0.39 is 10.9 Å². The van der Waals surface area contributed by atoms with Crippen molar-refractivity contribution in [2.75, 3.05) is 0 Å². The van der Waals surface area contributed by atoms with Gasteiger partial charge in [-0.25, -0.2) is 9.78 Å². The number of nitro benzene ring substituents is 1. The van der Waals surface area contributed by atoms with Gasteiger partial charge < -0.3 is 5.11 Å². The molecule has 96 valence electrons. The number of benzene rings is 1. The van der Waals surface area contributed by atoms with Crippen molar-refractivity contribution in [1.29, 1.82) is 0 Å². The van der Waals surface area contributed by atoms with Crippen LogP contribution >= 0.6 is 11.8 Å². The molecule has 0 aliphatic carbocycles. The average Bonchev–Trinajstić information content (AvgIpc) is 2.39. The lowest BCUT2D eigenvalue weighted by atomic mass is 10.3. The van der Waals surface area contributed by atoms with Gasteiger partial charge in [-0.15, -0.1) is 0 Å². The van der Waals surface area contributed by atoms with Crippen LogP contribution < -0.4 is 0 Å². The first kappa shape index (κ1) is 13.0. The molecule has 7 heteroatoms. The first-order chi connectivity index (χ1) is 9.08. The third-order valence-corrected chi connectivity index (χ3v) is 3.31. The van der Waals surface area contributed by atoms with Crippen LogP contribution in [0.25, 0.3) is 0 Å². The van der Waals surface area contributed by atoms with Crippen LogP contribution in [0.2, 0.25) is 0 Å². The molecule has 0 aliphatic heterocycles. The highest BCUT2D eigenvalue weighted by Gasteiger charge is 2.12. The van der Waals surface area contributed by atoms with Crippen LogP contribution in [0.4, 0.5) is 5.69 Å². The van der Waals surface area contributed by atoms with E-state index in [0.717, 1.165) is 0 Å². The molecule has 0 bridgehead atoms. The van der Waals surface area contributed by atoms with Crippen LogP contribution in [0.1, 0.15) is 10.5 Å². The van der Waals surface area contributed by atoms with E-state index in [1.807, 2.05) is 0 Å². The largest absolute Gasteiger partial charge is 0.476 e. The number of carboxylic acids is 1.